The SMILES string of the molecule is CN(C)C(=O)Nc1ccc(-c2nnc(C3(c4ccccc4)CC3)n2C)c(Cl)c1. The number of aromatic nitrogens is 3. The Morgan fingerprint density at radius 1 is 1.14 bits per heavy atom. The summed E-state index contributed by atoms with van der Waals surface area (Å²) >= 11 is 6.51. The van der Waals surface area contributed by atoms with E-state index < -0.39 is 0 Å². The van der Waals surface area contributed by atoms with E-state index >= 15 is 0 Å². The number of benzene rings is 2. The van der Waals surface area contributed by atoms with Crippen LogP contribution in [0.2, 0.25) is 5.02 Å². The van der Waals surface area contributed by atoms with Crippen LogP contribution in [0.5, 0.6) is 0 Å². The fraction of sp³-hybridized carbons (Fsp3) is 0.286. The second-order valence-corrected chi connectivity index (χ2v) is 7.78. The lowest BCUT2D eigenvalue weighted by Gasteiger charge is -2.16. The molecule has 1 heterocycles. The van der Waals surface area contributed by atoms with Crippen molar-refractivity contribution in [3.8, 4) is 11.4 Å². The lowest BCUT2D eigenvalue weighted by molar-refractivity contribution is 0.230. The number of urea groups is 1. The minimum absolute atomic E-state index is 0.0621. The normalized spacial score (nSPS) is 14.6. The van der Waals surface area contributed by atoms with Crippen LogP contribution >= 0.6 is 11.6 Å². The zero-order valence-corrected chi connectivity index (χ0v) is 16.9. The molecule has 2 amide bonds. The molecular formula is C21H22ClN5O. The third-order valence-corrected chi connectivity index (χ3v) is 5.56. The maximum absolute atomic E-state index is 11.8. The van der Waals surface area contributed by atoms with Crippen LogP contribution in [0, 0.1) is 0 Å². The third kappa shape index (κ3) is 3.14. The van der Waals surface area contributed by atoms with Crippen molar-refractivity contribution in [1.82, 2.24) is 19.7 Å². The van der Waals surface area contributed by atoms with Gasteiger partial charge in [0.1, 0.15) is 5.82 Å². The monoisotopic (exact) mass is 395 g/mol. The third-order valence-electron chi connectivity index (χ3n) is 5.25. The van der Waals surface area contributed by atoms with E-state index in [1.165, 1.54) is 10.5 Å². The van der Waals surface area contributed by atoms with Gasteiger partial charge in [-0.15, -0.1) is 10.2 Å². The second-order valence-electron chi connectivity index (χ2n) is 7.37. The summed E-state index contributed by atoms with van der Waals surface area (Å²) < 4.78 is 2.03. The predicted octanol–water partition coefficient (Wildman–Crippen LogP) is 4.31. The first kappa shape index (κ1) is 18.5. The topological polar surface area (TPSA) is 63.1 Å². The van der Waals surface area contributed by atoms with E-state index in [-0.39, 0.29) is 11.4 Å². The first-order chi connectivity index (χ1) is 13.4. The maximum atomic E-state index is 11.8. The number of hydrogen-bond donors (Lipinski definition) is 1. The highest BCUT2D eigenvalue weighted by Crippen LogP contribution is 2.53. The van der Waals surface area contributed by atoms with Gasteiger partial charge < -0.3 is 14.8 Å². The number of nitrogens with zero attached hydrogens (tertiary/aromatic N) is 4. The van der Waals surface area contributed by atoms with Gasteiger partial charge in [0, 0.05) is 32.4 Å². The van der Waals surface area contributed by atoms with Crippen molar-refractivity contribution in [2.45, 2.75) is 18.3 Å². The van der Waals surface area contributed by atoms with Crippen LogP contribution < -0.4 is 5.32 Å². The number of carbonyl (C=O) groups excluding carboxylic acids is 1. The summed E-state index contributed by atoms with van der Waals surface area (Å²) in [6, 6.07) is 15.7. The summed E-state index contributed by atoms with van der Waals surface area (Å²) in [6.07, 6.45) is 2.12. The van der Waals surface area contributed by atoms with E-state index in [4.69, 9.17) is 11.6 Å². The summed E-state index contributed by atoms with van der Waals surface area (Å²) in [5.41, 5.74) is 2.63. The van der Waals surface area contributed by atoms with Crippen molar-refractivity contribution in [2.75, 3.05) is 19.4 Å². The Labute approximate surface area is 169 Å². The maximum Gasteiger partial charge on any atom is 0.321 e. The minimum Gasteiger partial charge on any atom is -0.331 e. The van der Waals surface area contributed by atoms with E-state index in [0.717, 1.165) is 24.2 Å². The van der Waals surface area contributed by atoms with Gasteiger partial charge in [-0.2, -0.15) is 0 Å². The van der Waals surface area contributed by atoms with E-state index in [9.17, 15) is 4.79 Å². The van der Waals surface area contributed by atoms with Crippen LogP contribution in [-0.4, -0.2) is 39.8 Å². The van der Waals surface area contributed by atoms with Crippen molar-refractivity contribution in [3.63, 3.8) is 0 Å². The molecule has 0 bridgehead atoms. The van der Waals surface area contributed by atoms with Crippen molar-refractivity contribution >= 4 is 23.3 Å². The molecule has 1 N–H and O–H groups in total. The highest BCUT2D eigenvalue weighted by atomic mass is 35.5. The van der Waals surface area contributed by atoms with Gasteiger partial charge in [-0.3, -0.25) is 0 Å². The molecule has 1 aromatic heterocycles. The van der Waals surface area contributed by atoms with Gasteiger partial charge in [0.15, 0.2) is 5.82 Å². The van der Waals surface area contributed by atoms with Gasteiger partial charge in [0.05, 0.1) is 10.4 Å². The lowest BCUT2D eigenvalue weighted by atomic mass is 9.95. The molecule has 2 aromatic carbocycles. The number of amides is 2. The van der Waals surface area contributed by atoms with Crippen LogP contribution in [0.15, 0.2) is 48.5 Å². The quantitative estimate of drug-likeness (QED) is 0.716. The molecule has 1 saturated carbocycles. The Balaban J connectivity index is 1.66. The molecule has 28 heavy (non-hydrogen) atoms. The molecule has 3 aromatic rings. The second kappa shape index (κ2) is 6.95. The Hall–Kier alpha value is -2.86. The van der Waals surface area contributed by atoms with Crippen LogP contribution in [0.25, 0.3) is 11.4 Å². The first-order valence-electron chi connectivity index (χ1n) is 9.16. The zero-order valence-electron chi connectivity index (χ0n) is 16.1. The standard InChI is InChI=1S/C21H22ClN5O/c1-26(2)20(28)23-15-9-10-16(17(22)13-15)18-24-25-19(27(18)3)21(11-12-21)14-7-5-4-6-8-14/h4-10,13H,11-12H2,1-3H3,(H,23,28). The summed E-state index contributed by atoms with van der Waals surface area (Å²) in [5.74, 6) is 1.67. The summed E-state index contributed by atoms with van der Waals surface area (Å²) in [7, 11) is 5.35. The van der Waals surface area contributed by atoms with Crippen LogP contribution in [0.4, 0.5) is 10.5 Å². The largest absolute Gasteiger partial charge is 0.331 e. The average molecular weight is 396 g/mol. The molecule has 0 spiro atoms. The van der Waals surface area contributed by atoms with E-state index in [2.05, 4.69) is 39.8 Å². The summed E-state index contributed by atoms with van der Waals surface area (Å²) in [6.45, 7) is 0. The Kier molecular flexibility index (Phi) is 4.59. The minimum atomic E-state index is -0.205. The Bertz CT molecular complexity index is 1020. The van der Waals surface area contributed by atoms with Gasteiger partial charge in [0.2, 0.25) is 0 Å². The number of nitrogens with one attached hydrogen (secondary N) is 1. The molecule has 1 aliphatic rings. The Morgan fingerprint density at radius 2 is 1.86 bits per heavy atom. The van der Waals surface area contributed by atoms with Gasteiger partial charge in [-0.25, -0.2) is 4.79 Å². The highest BCUT2D eigenvalue weighted by Gasteiger charge is 2.49. The fourth-order valence-corrected chi connectivity index (χ4v) is 3.78. The Morgan fingerprint density at radius 3 is 2.46 bits per heavy atom. The van der Waals surface area contributed by atoms with E-state index in [0.29, 0.717) is 16.5 Å². The number of hydrogen-bond acceptors (Lipinski definition) is 3. The van der Waals surface area contributed by atoms with E-state index in [1.54, 1.807) is 20.2 Å². The van der Waals surface area contributed by atoms with Gasteiger partial charge in [-0.1, -0.05) is 41.9 Å². The molecule has 0 saturated heterocycles. The zero-order chi connectivity index (χ0) is 19.9. The molecule has 6 nitrogen and oxygen atoms in total. The first-order valence-corrected chi connectivity index (χ1v) is 9.54. The molecule has 1 aliphatic carbocycles. The van der Waals surface area contributed by atoms with Crippen molar-refractivity contribution < 1.29 is 4.79 Å². The number of carbonyl (C=O) groups is 1. The van der Waals surface area contributed by atoms with Gasteiger partial charge in [0.25, 0.3) is 0 Å². The number of halogens is 1. The van der Waals surface area contributed by atoms with E-state index in [1.807, 2.05) is 29.8 Å². The molecule has 0 aliphatic heterocycles. The van der Waals surface area contributed by atoms with Crippen molar-refractivity contribution in [2.24, 2.45) is 7.05 Å². The highest BCUT2D eigenvalue weighted by molar-refractivity contribution is 6.33. The summed E-state index contributed by atoms with van der Waals surface area (Å²) in [4.78, 5) is 13.3. The smallest absolute Gasteiger partial charge is 0.321 e. The van der Waals surface area contributed by atoms with Crippen molar-refractivity contribution in [1.29, 1.82) is 0 Å². The molecule has 144 valence electrons. The molecule has 0 atom stereocenters. The molecule has 7 heteroatoms. The summed E-state index contributed by atoms with van der Waals surface area (Å²) in [5, 5.41) is 12.3. The number of anilines is 1. The molecule has 0 unspecified atom stereocenters. The van der Waals surface area contributed by atoms with Crippen LogP contribution in [0.1, 0.15) is 24.2 Å². The molecule has 0 radical (unpaired) electrons. The molecular weight excluding hydrogens is 374 g/mol. The fourth-order valence-electron chi connectivity index (χ4n) is 3.51. The van der Waals surface area contributed by atoms with Gasteiger partial charge >= 0.3 is 6.03 Å². The van der Waals surface area contributed by atoms with Crippen LogP contribution in [-0.2, 0) is 12.5 Å². The average Bonchev–Trinajstić information content (AvgIpc) is 3.40. The van der Waals surface area contributed by atoms with Crippen LogP contribution in [0.3, 0.4) is 0 Å². The lowest BCUT2D eigenvalue weighted by Crippen LogP contribution is -2.27. The van der Waals surface area contributed by atoms with Crippen molar-refractivity contribution in [3.05, 3.63) is 64.9 Å². The molecule has 4 rings (SSSR count). The predicted molar refractivity (Wildman–Crippen MR) is 111 cm³/mol. The van der Waals surface area contributed by atoms with Gasteiger partial charge in [-0.05, 0) is 36.6 Å². The number of rotatable bonds is 4. The molecule has 1 fully saturated rings.